The van der Waals surface area contributed by atoms with Crippen molar-refractivity contribution in [3.8, 4) is 0 Å². The number of benzene rings is 1. The van der Waals surface area contributed by atoms with E-state index >= 15 is 0 Å². The van der Waals surface area contributed by atoms with Crippen molar-refractivity contribution in [2.45, 2.75) is 37.9 Å². The Labute approximate surface area is 123 Å². The molecule has 1 aliphatic rings. The van der Waals surface area contributed by atoms with Gasteiger partial charge >= 0.3 is 0 Å². The molecule has 1 atom stereocenters. The molecule has 2 rings (SSSR count). The van der Waals surface area contributed by atoms with Crippen LogP contribution in [0.25, 0.3) is 0 Å². The molecule has 0 spiro atoms. The maximum absolute atomic E-state index is 13.5. The molecule has 20 heavy (non-hydrogen) atoms. The molecule has 0 aliphatic carbocycles. The van der Waals surface area contributed by atoms with Crippen molar-refractivity contribution in [3.05, 3.63) is 34.6 Å². The van der Waals surface area contributed by atoms with Gasteiger partial charge in [-0.15, -0.1) is 0 Å². The van der Waals surface area contributed by atoms with E-state index < -0.39 is 17.5 Å². The average Bonchev–Trinajstić information content (AvgIpc) is 2.45. The van der Waals surface area contributed by atoms with E-state index in [0.717, 1.165) is 0 Å². The summed E-state index contributed by atoms with van der Waals surface area (Å²) in [5.74, 6) is -0.464. The number of hydrogen-bond donors (Lipinski definition) is 1. The fourth-order valence-corrected chi connectivity index (χ4v) is 2.88. The Bertz CT molecular complexity index is 441. The molecule has 1 aliphatic heterocycles. The number of halogens is 2. The third kappa shape index (κ3) is 3.31. The van der Waals surface area contributed by atoms with Crippen LogP contribution in [0.3, 0.4) is 0 Å². The van der Waals surface area contributed by atoms with Crippen LogP contribution >= 0.6 is 11.6 Å². The van der Waals surface area contributed by atoms with E-state index in [1.165, 1.54) is 6.07 Å². The maximum atomic E-state index is 13.5. The molecular weight excluding hydrogens is 283 g/mol. The number of rotatable bonds is 5. The molecule has 0 radical (unpaired) electrons. The molecule has 1 N–H and O–H groups in total. The van der Waals surface area contributed by atoms with Gasteiger partial charge in [-0.25, -0.2) is 4.39 Å². The molecule has 1 unspecified atom stereocenters. The first-order chi connectivity index (χ1) is 9.59. The van der Waals surface area contributed by atoms with Gasteiger partial charge in [0.2, 0.25) is 0 Å². The summed E-state index contributed by atoms with van der Waals surface area (Å²) in [5, 5.41) is 10.6. The maximum Gasteiger partial charge on any atom is 0.142 e. The molecule has 3 nitrogen and oxygen atoms in total. The number of aliphatic hydroxyl groups excluding tert-OH is 1. The summed E-state index contributed by atoms with van der Waals surface area (Å²) in [5.41, 5.74) is -0.0208. The Balaban J connectivity index is 2.15. The monoisotopic (exact) mass is 302 g/mol. The van der Waals surface area contributed by atoms with Crippen LogP contribution in [0.2, 0.25) is 5.02 Å². The van der Waals surface area contributed by atoms with Gasteiger partial charge in [-0.2, -0.15) is 0 Å². The van der Waals surface area contributed by atoms with Crippen molar-refractivity contribution in [2.24, 2.45) is 0 Å². The van der Waals surface area contributed by atoms with Crippen molar-refractivity contribution in [1.29, 1.82) is 0 Å². The van der Waals surface area contributed by atoms with Crippen LogP contribution in [0.4, 0.5) is 4.39 Å². The van der Waals surface area contributed by atoms with E-state index in [2.05, 4.69) is 0 Å². The average molecular weight is 303 g/mol. The van der Waals surface area contributed by atoms with Gasteiger partial charge in [0.15, 0.2) is 0 Å². The highest BCUT2D eigenvalue weighted by Crippen LogP contribution is 2.32. The Hall–Kier alpha value is -0.680. The van der Waals surface area contributed by atoms with E-state index in [-0.39, 0.29) is 11.4 Å². The minimum absolute atomic E-state index is 0.0743. The number of hydrogen-bond acceptors (Lipinski definition) is 3. The summed E-state index contributed by atoms with van der Waals surface area (Å²) in [6.45, 7) is 3.55. The van der Waals surface area contributed by atoms with Gasteiger partial charge in [0.05, 0.1) is 16.7 Å². The van der Waals surface area contributed by atoms with E-state index in [1.54, 1.807) is 12.1 Å². The van der Waals surface area contributed by atoms with Crippen molar-refractivity contribution in [2.75, 3.05) is 19.8 Å². The van der Waals surface area contributed by atoms with Gasteiger partial charge < -0.3 is 14.6 Å². The summed E-state index contributed by atoms with van der Waals surface area (Å²) in [7, 11) is 0. The van der Waals surface area contributed by atoms with Crippen LogP contribution in [0, 0.1) is 5.82 Å². The normalized spacial score (nSPS) is 19.8. The van der Waals surface area contributed by atoms with Gasteiger partial charge in [0.25, 0.3) is 0 Å². The van der Waals surface area contributed by atoms with Gasteiger partial charge in [-0.3, -0.25) is 0 Å². The zero-order valence-electron chi connectivity index (χ0n) is 11.6. The van der Waals surface area contributed by atoms with E-state index in [4.69, 9.17) is 21.1 Å². The first-order valence-corrected chi connectivity index (χ1v) is 7.29. The Morgan fingerprint density at radius 2 is 2.15 bits per heavy atom. The van der Waals surface area contributed by atoms with E-state index in [9.17, 15) is 9.50 Å². The van der Waals surface area contributed by atoms with Crippen LogP contribution in [0.5, 0.6) is 0 Å². The fraction of sp³-hybridized carbons (Fsp3) is 0.600. The van der Waals surface area contributed by atoms with E-state index in [0.29, 0.717) is 38.2 Å². The summed E-state index contributed by atoms with van der Waals surface area (Å²) >= 11 is 5.95. The topological polar surface area (TPSA) is 38.7 Å². The highest BCUT2D eigenvalue weighted by Gasteiger charge is 2.40. The molecule has 1 heterocycles. The summed E-state index contributed by atoms with van der Waals surface area (Å²) < 4.78 is 24.6. The minimum atomic E-state index is -0.731. The lowest BCUT2D eigenvalue weighted by Crippen LogP contribution is -2.50. The van der Waals surface area contributed by atoms with Crippen molar-refractivity contribution < 1.29 is 19.0 Å². The second kappa shape index (κ2) is 6.85. The van der Waals surface area contributed by atoms with Crippen LogP contribution in [0.1, 0.15) is 25.3 Å². The molecule has 0 amide bonds. The summed E-state index contributed by atoms with van der Waals surface area (Å²) in [6, 6.07) is 4.64. The Kier molecular flexibility index (Phi) is 5.38. The highest BCUT2D eigenvalue weighted by atomic mass is 35.5. The van der Waals surface area contributed by atoms with Crippen LogP contribution < -0.4 is 0 Å². The second-order valence-corrected chi connectivity index (χ2v) is 5.42. The van der Waals surface area contributed by atoms with Crippen LogP contribution in [-0.4, -0.2) is 36.6 Å². The lowest BCUT2D eigenvalue weighted by molar-refractivity contribution is -0.165. The Morgan fingerprint density at radius 3 is 2.80 bits per heavy atom. The molecule has 1 fully saturated rings. The molecular formula is C15H20ClFO3. The standard InChI is InChI=1S/C15H20ClFO3/c1-2-20-15(6-8-19-9-7-15)13(18)10-11-4-3-5-12(17)14(11)16/h3-5,13,18H,2,6-10H2,1H3. The molecule has 5 heteroatoms. The largest absolute Gasteiger partial charge is 0.390 e. The van der Waals surface area contributed by atoms with E-state index in [1.807, 2.05) is 6.92 Å². The fourth-order valence-electron chi connectivity index (χ4n) is 2.68. The third-order valence-corrected chi connectivity index (χ3v) is 4.25. The molecule has 0 aromatic heterocycles. The molecule has 1 aromatic carbocycles. The molecule has 0 saturated carbocycles. The van der Waals surface area contributed by atoms with Gasteiger partial charge in [-0.05, 0) is 18.6 Å². The lowest BCUT2D eigenvalue weighted by Gasteiger charge is -2.40. The minimum Gasteiger partial charge on any atom is -0.390 e. The van der Waals surface area contributed by atoms with Crippen LogP contribution in [0.15, 0.2) is 18.2 Å². The second-order valence-electron chi connectivity index (χ2n) is 5.04. The Morgan fingerprint density at radius 1 is 1.45 bits per heavy atom. The van der Waals surface area contributed by atoms with Gasteiger partial charge in [-0.1, -0.05) is 23.7 Å². The van der Waals surface area contributed by atoms with Crippen molar-refractivity contribution in [3.63, 3.8) is 0 Å². The predicted molar refractivity (Wildman–Crippen MR) is 75.5 cm³/mol. The van der Waals surface area contributed by atoms with Crippen molar-refractivity contribution >= 4 is 11.6 Å². The highest BCUT2D eigenvalue weighted by molar-refractivity contribution is 6.31. The zero-order chi connectivity index (χ0) is 14.6. The number of aliphatic hydroxyl groups is 1. The van der Waals surface area contributed by atoms with Crippen molar-refractivity contribution in [1.82, 2.24) is 0 Å². The molecule has 1 aromatic rings. The summed E-state index contributed by atoms with van der Waals surface area (Å²) in [4.78, 5) is 0. The van der Waals surface area contributed by atoms with Gasteiger partial charge in [0.1, 0.15) is 5.82 Å². The lowest BCUT2D eigenvalue weighted by atomic mass is 9.84. The molecule has 112 valence electrons. The predicted octanol–water partition coefficient (Wildman–Crippen LogP) is 2.97. The smallest absolute Gasteiger partial charge is 0.142 e. The van der Waals surface area contributed by atoms with Gasteiger partial charge in [0, 0.05) is 39.1 Å². The molecule has 1 saturated heterocycles. The summed E-state index contributed by atoms with van der Waals surface area (Å²) in [6.07, 6.45) is 0.811. The third-order valence-electron chi connectivity index (χ3n) is 3.82. The molecule has 0 bridgehead atoms. The zero-order valence-corrected chi connectivity index (χ0v) is 12.3. The number of ether oxygens (including phenoxy) is 2. The SMILES string of the molecule is CCOC1(C(O)Cc2cccc(F)c2Cl)CCOCC1. The van der Waals surface area contributed by atoms with Crippen LogP contribution in [-0.2, 0) is 15.9 Å². The quantitative estimate of drug-likeness (QED) is 0.909. The first kappa shape index (κ1) is 15.7. The first-order valence-electron chi connectivity index (χ1n) is 6.92.